The number of aromatic nitrogens is 1. The molecule has 1 aromatic heterocycles. The average Bonchev–Trinajstić information content (AvgIpc) is 3.12. The Balaban J connectivity index is 1.54. The molecule has 140 valence electrons. The van der Waals surface area contributed by atoms with E-state index in [1.807, 2.05) is 19.1 Å². The van der Waals surface area contributed by atoms with Crippen LogP contribution >= 0.6 is 11.6 Å². The van der Waals surface area contributed by atoms with Gasteiger partial charge in [-0.2, -0.15) is 0 Å². The highest BCUT2D eigenvalue weighted by atomic mass is 35.5. The number of hydrogen-bond donors (Lipinski definition) is 1. The Labute approximate surface area is 166 Å². The molecular formula is C22H17ClN2O3. The predicted octanol–water partition coefficient (Wildman–Crippen LogP) is 5.80. The standard InChI is InChI=1S/C22H17ClN2O3/c1-2-27-18-10-5-14(6-11-18)21(26)24-17-9-12-20-19(13-17)25-22(28-20)15-3-7-16(23)8-4-15/h3-13H,2H2,1H3,(H,24,26). The zero-order valence-corrected chi connectivity index (χ0v) is 15.9. The van der Waals surface area contributed by atoms with Crippen molar-refractivity contribution in [3.05, 3.63) is 77.3 Å². The highest BCUT2D eigenvalue weighted by Crippen LogP contribution is 2.27. The van der Waals surface area contributed by atoms with Crippen LogP contribution in [0.2, 0.25) is 5.02 Å². The number of fused-ring (bicyclic) bond motifs is 1. The summed E-state index contributed by atoms with van der Waals surface area (Å²) in [6.07, 6.45) is 0. The van der Waals surface area contributed by atoms with Crippen molar-refractivity contribution in [1.82, 2.24) is 4.98 Å². The molecule has 0 bridgehead atoms. The maximum absolute atomic E-state index is 12.5. The van der Waals surface area contributed by atoms with Gasteiger partial charge in [-0.15, -0.1) is 0 Å². The molecule has 1 N–H and O–H groups in total. The topological polar surface area (TPSA) is 64.4 Å². The number of hydrogen-bond acceptors (Lipinski definition) is 4. The minimum Gasteiger partial charge on any atom is -0.494 e. The van der Waals surface area contributed by atoms with E-state index in [2.05, 4.69) is 10.3 Å². The van der Waals surface area contributed by atoms with Gasteiger partial charge in [0.15, 0.2) is 5.58 Å². The molecule has 0 spiro atoms. The number of nitrogens with zero attached hydrogens (tertiary/aromatic N) is 1. The fourth-order valence-corrected chi connectivity index (χ4v) is 2.92. The van der Waals surface area contributed by atoms with Crippen molar-refractivity contribution < 1.29 is 13.9 Å². The molecule has 4 rings (SSSR count). The smallest absolute Gasteiger partial charge is 0.255 e. The molecular weight excluding hydrogens is 376 g/mol. The lowest BCUT2D eigenvalue weighted by atomic mass is 10.2. The monoisotopic (exact) mass is 392 g/mol. The molecule has 0 fully saturated rings. The fraction of sp³-hybridized carbons (Fsp3) is 0.0909. The summed E-state index contributed by atoms with van der Waals surface area (Å²) in [6, 6.07) is 19.6. The lowest BCUT2D eigenvalue weighted by Gasteiger charge is -2.06. The summed E-state index contributed by atoms with van der Waals surface area (Å²) in [5, 5.41) is 3.53. The van der Waals surface area contributed by atoms with Gasteiger partial charge in [0, 0.05) is 21.8 Å². The number of carbonyl (C=O) groups is 1. The van der Waals surface area contributed by atoms with E-state index in [4.69, 9.17) is 20.8 Å². The second-order valence-electron chi connectivity index (χ2n) is 6.12. The van der Waals surface area contributed by atoms with Crippen LogP contribution in [0.4, 0.5) is 5.69 Å². The van der Waals surface area contributed by atoms with Gasteiger partial charge in [-0.3, -0.25) is 4.79 Å². The van der Waals surface area contributed by atoms with Crippen molar-refractivity contribution in [2.24, 2.45) is 0 Å². The van der Waals surface area contributed by atoms with Gasteiger partial charge in [0.05, 0.1) is 6.61 Å². The summed E-state index contributed by atoms with van der Waals surface area (Å²) >= 11 is 5.92. The number of benzene rings is 3. The molecule has 0 aliphatic carbocycles. The van der Waals surface area contributed by atoms with Crippen LogP contribution in [0.1, 0.15) is 17.3 Å². The minimum atomic E-state index is -0.205. The van der Waals surface area contributed by atoms with Gasteiger partial charge in [-0.1, -0.05) is 11.6 Å². The molecule has 6 heteroatoms. The summed E-state index contributed by atoms with van der Waals surface area (Å²) in [4.78, 5) is 17.0. The van der Waals surface area contributed by atoms with E-state index in [-0.39, 0.29) is 5.91 Å². The maximum atomic E-state index is 12.5. The summed E-state index contributed by atoms with van der Waals surface area (Å²) in [6.45, 7) is 2.50. The summed E-state index contributed by atoms with van der Waals surface area (Å²) < 4.78 is 11.2. The van der Waals surface area contributed by atoms with E-state index >= 15 is 0 Å². The molecule has 0 saturated heterocycles. The Hall–Kier alpha value is -3.31. The number of ether oxygens (including phenoxy) is 1. The first-order valence-corrected chi connectivity index (χ1v) is 9.21. The molecule has 3 aromatic carbocycles. The van der Waals surface area contributed by atoms with Crippen molar-refractivity contribution in [2.45, 2.75) is 6.92 Å². The number of halogens is 1. The van der Waals surface area contributed by atoms with Crippen LogP contribution in [0.15, 0.2) is 71.1 Å². The number of anilines is 1. The van der Waals surface area contributed by atoms with Crippen molar-refractivity contribution in [2.75, 3.05) is 11.9 Å². The second-order valence-corrected chi connectivity index (χ2v) is 6.56. The highest BCUT2D eigenvalue weighted by molar-refractivity contribution is 6.30. The van der Waals surface area contributed by atoms with Crippen molar-refractivity contribution >= 4 is 34.3 Å². The average molecular weight is 393 g/mol. The van der Waals surface area contributed by atoms with Crippen molar-refractivity contribution in [3.8, 4) is 17.2 Å². The number of carbonyl (C=O) groups excluding carboxylic acids is 1. The Morgan fingerprint density at radius 1 is 1.07 bits per heavy atom. The molecule has 0 aliphatic heterocycles. The Morgan fingerprint density at radius 2 is 1.82 bits per heavy atom. The van der Waals surface area contributed by atoms with Crippen LogP contribution < -0.4 is 10.1 Å². The van der Waals surface area contributed by atoms with Gasteiger partial charge in [0.25, 0.3) is 5.91 Å². The van der Waals surface area contributed by atoms with Crippen LogP contribution in [-0.2, 0) is 0 Å². The van der Waals surface area contributed by atoms with Crippen LogP contribution in [0, 0.1) is 0 Å². The van der Waals surface area contributed by atoms with Gasteiger partial charge in [0.2, 0.25) is 5.89 Å². The Morgan fingerprint density at radius 3 is 2.54 bits per heavy atom. The van der Waals surface area contributed by atoms with Crippen LogP contribution in [0.25, 0.3) is 22.6 Å². The van der Waals surface area contributed by atoms with Crippen molar-refractivity contribution in [3.63, 3.8) is 0 Å². The third kappa shape index (κ3) is 3.85. The normalized spacial score (nSPS) is 10.8. The summed E-state index contributed by atoms with van der Waals surface area (Å²) in [5.41, 5.74) is 3.33. The SMILES string of the molecule is CCOc1ccc(C(=O)Nc2ccc3oc(-c4ccc(Cl)cc4)nc3c2)cc1. The lowest BCUT2D eigenvalue weighted by molar-refractivity contribution is 0.102. The number of amides is 1. The first kappa shape index (κ1) is 18.1. The Bertz CT molecular complexity index is 1120. The largest absolute Gasteiger partial charge is 0.494 e. The molecule has 0 atom stereocenters. The van der Waals surface area contributed by atoms with Gasteiger partial charge in [-0.05, 0) is 73.7 Å². The molecule has 4 aromatic rings. The zero-order valence-electron chi connectivity index (χ0n) is 15.1. The van der Waals surface area contributed by atoms with E-state index in [9.17, 15) is 4.79 Å². The highest BCUT2D eigenvalue weighted by Gasteiger charge is 2.11. The van der Waals surface area contributed by atoms with E-state index < -0.39 is 0 Å². The van der Waals surface area contributed by atoms with E-state index in [0.29, 0.717) is 39.9 Å². The lowest BCUT2D eigenvalue weighted by Crippen LogP contribution is -2.11. The van der Waals surface area contributed by atoms with Crippen LogP contribution in [0.5, 0.6) is 5.75 Å². The van der Waals surface area contributed by atoms with E-state index in [0.717, 1.165) is 11.3 Å². The number of rotatable bonds is 5. The minimum absolute atomic E-state index is 0.205. The molecule has 0 unspecified atom stereocenters. The van der Waals surface area contributed by atoms with Gasteiger partial charge < -0.3 is 14.5 Å². The van der Waals surface area contributed by atoms with Crippen LogP contribution in [0.3, 0.4) is 0 Å². The van der Waals surface area contributed by atoms with Crippen LogP contribution in [-0.4, -0.2) is 17.5 Å². The molecule has 0 aliphatic rings. The van der Waals surface area contributed by atoms with Gasteiger partial charge >= 0.3 is 0 Å². The number of nitrogens with one attached hydrogen (secondary N) is 1. The molecule has 1 amide bonds. The molecule has 5 nitrogen and oxygen atoms in total. The van der Waals surface area contributed by atoms with E-state index in [1.165, 1.54) is 0 Å². The van der Waals surface area contributed by atoms with Crippen molar-refractivity contribution in [1.29, 1.82) is 0 Å². The second kappa shape index (κ2) is 7.74. The zero-order chi connectivity index (χ0) is 19.5. The first-order chi connectivity index (χ1) is 13.6. The third-order valence-electron chi connectivity index (χ3n) is 4.16. The van der Waals surface area contributed by atoms with E-state index in [1.54, 1.807) is 54.6 Å². The maximum Gasteiger partial charge on any atom is 0.255 e. The predicted molar refractivity (Wildman–Crippen MR) is 110 cm³/mol. The summed E-state index contributed by atoms with van der Waals surface area (Å²) in [7, 11) is 0. The molecule has 1 heterocycles. The fourth-order valence-electron chi connectivity index (χ4n) is 2.79. The summed E-state index contributed by atoms with van der Waals surface area (Å²) in [5.74, 6) is 1.03. The Kier molecular flexibility index (Phi) is 5.00. The quantitative estimate of drug-likeness (QED) is 0.466. The van der Waals surface area contributed by atoms with Gasteiger partial charge in [0.1, 0.15) is 11.3 Å². The first-order valence-electron chi connectivity index (χ1n) is 8.83. The third-order valence-corrected chi connectivity index (χ3v) is 4.42. The molecule has 28 heavy (non-hydrogen) atoms. The van der Waals surface area contributed by atoms with Gasteiger partial charge in [-0.25, -0.2) is 4.98 Å². The molecule has 0 saturated carbocycles. The molecule has 0 radical (unpaired) electrons. The number of oxazole rings is 1.